The lowest BCUT2D eigenvalue weighted by atomic mass is 10.2. The van der Waals surface area contributed by atoms with E-state index in [9.17, 15) is 5.11 Å². The molecule has 1 heterocycles. The molecule has 4 nitrogen and oxygen atoms in total. The van der Waals surface area contributed by atoms with Crippen molar-refractivity contribution < 1.29 is 9.84 Å². The van der Waals surface area contributed by atoms with E-state index in [-0.39, 0.29) is 11.9 Å². The number of phenols is 1. The Kier molecular flexibility index (Phi) is 4.83. The molecule has 0 radical (unpaired) electrons. The van der Waals surface area contributed by atoms with Gasteiger partial charge in [0.2, 0.25) is 0 Å². The second kappa shape index (κ2) is 6.38. The Morgan fingerprint density at radius 1 is 1.56 bits per heavy atom. The van der Waals surface area contributed by atoms with Crippen LogP contribution in [-0.2, 0) is 11.3 Å². The van der Waals surface area contributed by atoms with Gasteiger partial charge in [-0.05, 0) is 24.7 Å². The molecule has 0 amide bonds. The molecule has 0 spiro atoms. The first kappa shape index (κ1) is 13.6. The average molecular weight is 271 g/mol. The summed E-state index contributed by atoms with van der Waals surface area (Å²) in [5.41, 5.74) is 1.06. The van der Waals surface area contributed by atoms with Crippen LogP contribution < -0.4 is 5.32 Å². The van der Waals surface area contributed by atoms with Gasteiger partial charge in [0.15, 0.2) is 0 Å². The van der Waals surface area contributed by atoms with E-state index in [2.05, 4.69) is 17.3 Å². The van der Waals surface area contributed by atoms with E-state index in [1.165, 1.54) is 0 Å². The Bertz CT molecular complexity index is 401. The van der Waals surface area contributed by atoms with Crippen molar-refractivity contribution in [1.82, 2.24) is 10.2 Å². The number of hydrogen-bond donors (Lipinski definition) is 2. The normalized spacial score (nSPS) is 21.1. The smallest absolute Gasteiger partial charge is 0.134 e. The lowest BCUT2D eigenvalue weighted by Crippen LogP contribution is -2.44. The van der Waals surface area contributed by atoms with Crippen LogP contribution >= 0.6 is 11.6 Å². The first-order valence-electron chi connectivity index (χ1n) is 6.13. The van der Waals surface area contributed by atoms with Gasteiger partial charge in [-0.3, -0.25) is 0 Å². The topological polar surface area (TPSA) is 44.7 Å². The third-order valence-corrected chi connectivity index (χ3v) is 3.36. The van der Waals surface area contributed by atoms with Crippen LogP contribution in [0, 0.1) is 0 Å². The van der Waals surface area contributed by atoms with E-state index in [1.807, 2.05) is 6.07 Å². The second-order valence-electron chi connectivity index (χ2n) is 4.67. The summed E-state index contributed by atoms with van der Waals surface area (Å²) in [6.45, 7) is 4.31. The van der Waals surface area contributed by atoms with Crippen molar-refractivity contribution >= 4 is 11.6 Å². The summed E-state index contributed by atoms with van der Waals surface area (Å²) in [5.74, 6) is 0.123. The van der Waals surface area contributed by atoms with Gasteiger partial charge in [0.05, 0.1) is 17.7 Å². The number of hydrogen-bond acceptors (Lipinski definition) is 4. The summed E-state index contributed by atoms with van der Waals surface area (Å²) in [5, 5.41) is 13.1. The second-order valence-corrected chi connectivity index (χ2v) is 5.08. The first-order chi connectivity index (χ1) is 8.65. The zero-order valence-electron chi connectivity index (χ0n) is 10.5. The molecule has 1 unspecified atom stereocenters. The molecule has 0 aliphatic carbocycles. The monoisotopic (exact) mass is 270 g/mol. The Labute approximate surface area is 113 Å². The predicted octanol–water partition coefficient (Wildman–Crippen LogP) is 1.47. The maximum Gasteiger partial charge on any atom is 0.134 e. The molecule has 1 aromatic carbocycles. The van der Waals surface area contributed by atoms with E-state index in [0.717, 1.165) is 38.3 Å². The summed E-state index contributed by atoms with van der Waals surface area (Å²) in [4.78, 5) is 2.27. The number of nitrogens with one attached hydrogen (secondary N) is 1. The molecular weight excluding hydrogens is 252 g/mol. The highest BCUT2D eigenvalue weighted by atomic mass is 35.5. The minimum atomic E-state index is 0.123. The molecule has 1 atom stereocenters. The molecule has 0 aromatic heterocycles. The molecule has 1 fully saturated rings. The van der Waals surface area contributed by atoms with E-state index < -0.39 is 0 Å². The zero-order chi connectivity index (χ0) is 13.0. The molecule has 2 N–H and O–H groups in total. The lowest BCUT2D eigenvalue weighted by Gasteiger charge is -2.30. The van der Waals surface area contributed by atoms with Gasteiger partial charge in [-0.15, -0.1) is 0 Å². The zero-order valence-corrected chi connectivity index (χ0v) is 11.3. The van der Waals surface area contributed by atoms with Gasteiger partial charge in [0.25, 0.3) is 0 Å². The van der Waals surface area contributed by atoms with Gasteiger partial charge < -0.3 is 20.1 Å². The Morgan fingerprint density at radius 3 is 3.11 bits per heavy atom. The minimum absolute atomic E-state index is 0.123. The summed E-state index contributed by atoms with van der Waals surface area (Å²) in [6.07, 6.45) is 0.247. The Balaban J connectivity index is 1.76. The summed E-state index contributed by atoms with van der Waals surface area (Å²) < 4.78 is 5.66. The molecular formula is C13H19ClN2O2. The third-order valence-electron chi connectivity index (χ3n) is 3.06. The van der Waals surface area contributed by atoms with Gasteiger partial charge in [-0.2, -0.15) is 0 Å². The van der Waals surface area contributed by atoms with E-state index >= 15 is 0 Å². The van der Waals surface area contributed by atoms with Gasteiger partial charge in [0, 0.05) is 26.2 Å². The van der Waals surface area contributed by atoms with Crippen molar-refractivity contribution in [2.24, 2.45) is 0 Å². The maximum atomic E-state index is 9.32. The highest BCUT2D eigenvalue weighted by molar-refractivity contribution is 6.32. The van der Waals surface area contributed by atoms with Crippen LogP contribution in [-0.4, -0.2) is 49.4 Å². The van der Waals surface area contributed by atoms with Crippen molar-refractivity contribution in [3.05, 3.63) is 28.8 Å². The van der Waals surface area contributed by atoms with Crippen molar-refractivity contribution in [2.75, 3.05) is 33.3 Å². The number of aromatic hydroxyl groups is 1. The number of rotatable bonds is 4. The number of nitrogens with zero attached hydrogens (tertiary/aromatic N) is 1. The summed E-state index contributed by atoms with van der Waals surface area (Å²) in [7, 11) is 2.11. The van der Waals surface area contributed by atoms with E-state index in [0.29, 0.717) is 5.02 Å². The molecule has 1 aliphatic heterocycles. The van der Waals surface area contributed by atoms with E-state index in [4.69, 9.17) is 16.3 Å². The summed E-state index contributed by atoms with van der Waals surface area (Å²) >= 11 is 5.85. The molecule has 0 saturated carbocycles. The van der Waals surface area contributed by atoms with Gasteiger partial charge in [-0.25, -0.2) is 0 Å². The highest BCUT2D eigenvalue weighted by Crippen LogP contribution is 2.23. The molecule has 0 bridgehead atoms. The fourth-order valence-electron chi connectivity index (χ4n) is 2.03. The number of phenolic OH excluding ortho intramolecular Hbond substituents is 1. The quantitative estimate of drug-likeness (QED) is 0.870. The van der Waals surface area contributed by atoms with Crippen molar-refractivity contribution in [3.63, 3.8) is 0 Å². The van der Waals surface area contributed by atoms with Crippen LogP contribution in [0.25, 0.3) is 0 Å². The number of halogens is 1. The largest absolute Gasteiger partial charge is 0.506 e. The predicted molar refractivity (Wildman–Crippen MR) is 72.1 cm³/mol. The van der Waals surface area contributed by atoms with Gasteiger partial charge in [0.1, 0.15) is 5.75 Å². The van der Waals surface area contributed by atoms with Crippen molar-refractivity contribution in [2.45, 2.75) is 12.6 Å². The van der Waals surface area contributed by atoms with Crippen LogP contribution in [0.15, 0.2) is 18.2 Å². The molecule has 18 heavy (non-hydrogen) atoms. The minimum Gasteiger partial charge on any atom is -0.506 e. The molecule has 2 rings (SSSR count). The molecule has 1 aromatic rings. The first-order valence-corrected chi connectivity index (χ1v) is 6.51. The fourth-order valence-corrected chi connectivity index (χ4v) is 2.23. The van der Waals surface area contributed by atoms with Gasteiger partial charge >= 0.3 is 0 Å². The summed E-state index contributed by atoms with van der Waals surface area (Å²) in [6, 6.07) is 5.25. The van der Waals surface area contributed by atoms with E-state index in [1.54, 1.807) is 12.1 Å². The van der Waals surface area contributed by atoms with Crippen LogP contribution in [0.1, 0.15) is 5.56 Å². The number of ether oxygens (including phenoxy) is 1. The van der Waals surface area contributed by atoms with Crippen molar-refractivity contribution in [1.29, 1.82) is 0 Å². The van der Waals surface area contributed by atoms with Gasteiger partial charge in [-0.1, -0.05) is 17.7 Å². The van der Waals surface area contributed by atoms with Crippen molar-refractivity contribution in [3.8, 4) is 5.75 Å². The molecule has 1 aliphatic rings. The fraction of sp³-hybridized carbons (Fsp3) is 0.538. The van der Waals surface area contributed by atoms with Crippen LogP contribution in [0.3, 0.4) is 0 Å². The van der Waals surface area contributed by atoms with Crippen LogP contribution in [0.5, 0.6) is 5.75 Å². The molecule has 5 heteroatoms. The number of benzene rings is 1. The van der Waals surface area contributed by atoms with Crippen LogP contribution in [0.4, 0.5) is 0 Å². The highest BCUT2D eigenvalue weighted by Gasteiger charge is 2.16. The lowest BCUT2D eigenvalue weighted by molar-refractivity contribution is -0.0182. The standard InChI is InChI=1S/C13H19ClN2O2/c1-16-4-5-18-11(9-16)8-15-7-10-2-3-13(17)12(14)6-10/h2-3,6,11,15,17H,4-5,7-9H2,1H3. The molecule has 100 valence electrons. The SMILES string of the molecule is CN1CCOC(CNCc2ccc(O)c(Cl)c2)C1. The maximum absolute atomic E-state index is 9.32. The third kappa shape index (κ3) is 3.85. The molecule has 1 saturated heterocycles. The number of likely N-dealkylation sites (N-methyl/N-ethyl adjacent to an activating group) is 1. The van der Waals surface area contributed by atoms with Crippen LogP contribution in [0.2, 0.25) is 5.02 Å². The number of morpholine rings is 1. The Hall–Kier alpha value is -0.810. The Morgan fingerprint density at radius 2 is 2.39 bits per heavy atom. The average Bonchev–Trinajstić information content (AvgIpc) is 2.34.